The minimum Gasteiger partial charge on any atom is -0.334 e. The van der Waals surface area contributed by atoms with Crippen molar-refractivity contribution in [1.29, 1.82) is 0 Å². The van der Waals surface area contributed by atoms with Gasteiger partial charge in [-0.05, 0) is 25.3 Å². The second-order valence-corrected chi connectivity index (χ2v) is 4.80. The van der Waals surface area contributed by atoms with Gasteiger partial charge in [0, 0.05) is 18.2 Å². The lowest BCUT2D eigenvalue weighted by atomic mass is 10.1. The van der Waals surface area contributed by atoms with Gasteiger partial charge in [0.25, 0.3) is 0 Å². The number of rotatable bonds is 5. The predicted molar refractivity (Wildman–Crippen MR) is 68.2 cm³/mol. The third kappa shape index (κ3) is 2.88. The monoisotopic (exact) mass is 250 g/mol. The molecule has 4 heteroatoms. The Morgan fingerprint density at radius 1 is 1.50 bits per heavy atom. The number of carbonyl (C=O) groups excluding carboxylic acids is 1. The van der Waals surface area contributed by atoms with Crippen molar-refractivity contribution >= 4 is 5.91 Å². The molecule has 0 unspecified atom stereocenters. The minimum atomic E-state index is -0.475. The summed E-state index contributed by atoms with van der Waals surface area (Å²) < 4.78 is 13.6. The summed E-state index contributed by atoms with van der Waals surface area (Å²) in [5.74, 6) is -0.329. The highest BCUT2D eigenvalue weighted by atomic mass is 19.1. The molecule has 1 aromatic carbocycles. The smallest absolute Gasteiger partial charge is 0.240 e. The normalized spacial score (nSPS) is 16.4. The summed E-state index contributed by atoms with van der Waals surface area (Å²) >= 11 is 0. The average Bonchev–Trinajstić information content (AvgIpc) is 3.20. The number of halogens is 1. The first-order chi connectivity index (χ1) is 8.63. The molecule has 0 saturated heterocycles. The Kier molecular flexibility index (Phi) is 3.97. The molecule has 0 bridgehead atoms. The summed E-state index contributed by atoms with van der Waals surface area (Å²) in [6.07, 6.45) is 2.60. The van der Waals surface area contributed by atoms with E-state index in [4.69, 9.17) is 5.73 Å². The van der Waals surface area contributed by atoms with Crippen molar-refractivity contribution in [3.63, 3.8) is 0 Å². The predicted octanol–water partition coefficient (Wildman–Crippen LogP) is 2.05. The molecule has 1 aliphatic carbocycles. The Morgan fingerprint density at radius 2 is 2.17 bits per heavy atom. The molecule has 0 spiro atoms. The fraction of sp³-hybridized carbons (Fsp3) is 0.500. The first-order valence-electron chi connectivity index (χ1n) is 6.43. The molecular weight excluding hydrogens is 231 g/mol. The Hall–Kier alpha value is -1.42. The molecular formula is C14H19FN2O. The van der Waals surface area contributed by atoms with Crippen LogP contribution in [0.2, 0.25) is 0 Å². The standard InChI is InChI=1S/C14H19FN2O/c1-2-13(16)14(18)17(11-7-8-11)9-10-5-3-4-6-12(10)15/h3-6,11,13H,2,7-9,16H2,1H3/t13-/m1/s1. The summed E-state index contributed by atoms with van der Waals surface area (Å²) in [5, 5.41) is 0. The van der Waals surface area contributed by atoms with Crippen LogP contribution in [0.4, 0.5) is 4.39 Å². The molecule has 0 radical (unpaired) electrons. The zero-order valence-electron chi connectivity index (χ0n) is 10.6. The van der Waals surface area contributed by atoms with E-state index in [1.165, 1.54) is 6.07 Å². The maximum atomic E-state index is 13.6. The van der Waals surface area contributed by atoms with Gasteiger partial charge in [0.05, 0.1) is 6.04 Å². The van der Waals surface area contributed by atoms with Crippen LogP contribution in [0, 0.1) is 5.82 Å². The van der Waals surface area contributed by atoms with E-state index in [9.17, 15) is 9.18 Å². The number of nitrogens with two attached hydrogens (primary N) is 1. The van der Waals surface area contributed by atoms with E-state index in [0.29, 0.717) is 18.5 Å². The van der Waals surface area contributed by atoms with E-state index in [-0.39, 0.29) is 17.8 Å². The third-order valence-electron chi connectivity index (χ3n) is 3.33. The maximum Gasteiger partial charge on any atom is 0.240 e. The molecule has 2 rings (SSSR count). The Labute approximate surface area is 107 Å². The summed E-state index contributed by atoms with van der Waals surface area (Å²) in [6.45, 7) is 2.21. The quantitative estimate of drug-likeness (QED) is 0.869. The van der Waals surface area contributed by atoms with Crippen LogP contribution in [0.5, 0.6) is 0 Å². The molecule has 0 heterocycles. The number of nitrogens with zero attached hydrogens (tertiary/aromatic N) is 1. The number of hydrogen-bond donors (Lipinski definition) is 1. The van der Waals surface area contributed by atoms with Gasteiger partial charge in [-0.3, -0.25) is 4.79 Å². The summed E-state index contributed by atoms with van der Waals surface area (Å²) in [4.78, 5) is 13.9. The molecule has 18 heavy (non-hydrogen) atoms. The van der Waals surface area contributed by atoms with E-state index in [2.05, 4.69) is 0 Å². The van der Waals surface area contributed by atoms with Gasteiger partial charge in [-0.1, -0.05) is 25.1 Å². The topological polar surface area (TPSA) is 46.3 Å². The van der Waals surface area contributed by atoms with Crippen LogP contribution in [-0.2, 0) is 11.3 Å². The molecule has 1 saturated carbocycles. The van der Waals surface area contributed by atoms with Crippen molar-refractivity contribution in [1.82, 2.24) is 4.90 Å². The summed E-state index contributed by atoms with van der Waals surface area (Å²) in [5.41, 5.74) is 6.35. The van der Waals surface area contributed by atoms with E-state index >= 15 is 0 Å². The second-order valence-electron chi connectivity index (χ2n) is 4.80. The zero-order valence-corrected chi connectivity index (χ0v) is 10.6. The van der Waals surface area contributed by atoms with Crippen LogP contribution in [0.1, 0.15) is 31.7 Å². The van der Waals surface area contributed by atoms with Crippen LogP contribution < -0.4 is 5.73 Å². The van der Waals surface area contributed by atoms with E-state index in [1.54, 1.807) is 23.1 Å². The fourth-order valence-corrected chi connectivity index (χ4v) is 1.97. The Morgan fingerprint density at radius 3 is 2.72 bits per heavy atom. The van der Waals surface area contributed by atoms with Crippen molar-refractivity contribution in [2.24, 2.45) is 5.73 Å². The van der Waals surface area contributed by atoms with Gasteiger partial charge in [0.15, 0.2) is 0 Å². The van der Waals surface area contributed by atoms with Crippen LogP contribution in [0.3, 0.4) is 0 Å². The summed E-state index contributed by atoms with van der Waals surface area (Å²) in [7, 11) is 0. The van der Waals surface area contributed by atoms with Gasteiger partial charge in [-0.2, -0.15) is 0 Å². The molecule has 98 valence electrons. The van der Waals surface area contributed by atoms with Gasteiger partial charge in [0.2, 0.25) is 5.91 Å². The largest absolute Gasteiger partial charge is 0.334 e. The average molecular weight is 250 g/mol. The highest BCUT2D eigenvalue weighted by Crippen LogP contribution is 2.29. The van der Waals surface area contributed by atoms with Gasteiger partial charge in [-0.25, -0.2) is 4.39 Å². The molecule has 0 aliphatic heterocycles. The second kappa shape index (κ2) is 5.48. The lowest BCUT2D eigenvalue weighted by molar-refractivity contribution is -0.133. The van der Waals surface area contributed by atoms with Crippen molar-refractivity contribution < 1.29 is 9.18 Å². The third-order valence-corrected chi connectivity index (χ3v) is 3.33. The number of carbonyl (C=O) groups is 1. The highest BCUT2D eigenvalue weighted by Gasteiger charge is 2.34. The SMILES string of the molecule is CC[C@@H](N)C(=O)N(Cc1ccccc1F)C1CC1. The molecule has 1 aliphatic rings. The molecule has 1 fully saturated rings. The molecule has 1 atom stereocenters. The fourth-order valence-electron chi connectivity index (χ4n) is 1.97. The molecule has 0 aromatic heterocycles. The lowest BCUT2D eigenvalue weighted by Gasteiger charge is -2.25. The van der Waals surface area contributed by atoms with Gasteiger partial charge in [-0.15, -0.1) is 0 Å². The molecule has 2 N–H and O–H groups in total. The van der Waals surface area contributed by atoms with Crippen molar-refractivity contribution in [3.8, 4) is 0 Å². The molecule has 1 aromatic rings. The summed E-state index contributed by atoms with van der Waals surface area (Å²) in [6, 6.07) is 6.35. The maximum absolute atomic E-state index is 13.6. The van der Waals surface area contributed by atoms with Gasteiger partial charge >= 0.3 is 0 Å². The molecule has 1 amide bonds. The van der Waals surface area contributed by atoms with Gasteiger partial charge in [0.1, 0.15) is 5.82 Å². The van der Waals surface area contributed by atoms with E-state index in [1.807, 2.05) is 6.92 Å². The van der Waals surface area contributed by atoms with Crippen LogP contribution in [0.15, 0.2) is 24.3 Å². The first kappa shape index (κ1) is 13.0. The molecule has 3 nitrogen and oxygen atoms in total. The van der Waals surface area contributed by atoms with Crippen molar-refractivity contribution in [3.05, 3.63) is 35.6 Å². The minimum absolute atomic E-state index is 0.0664. The van der Waals surface area contributed by atoms with E-state index < -0.39 is 6.04 Å². The van der Waals surface area contributed by atoms with Crippen molar-refractivity contribution in [2.75, 3.05) is 0 Å². The van der Waals surface area contributed by atoms with Crippen LogP contribution >= 0.6 is 0 Å². The van der Waals surface area contributed by atoms with Gasteiger partial charge < -0.3 is 10.6 Å². The van der Waals surface area contributed by atoms with Crippen LogP contribution in [-0.4, -0.2) is 22.9 Å². The number of hydrogen-bond acceptors (Lipinski definition) is 2. The Balaban J connectivity index is 2.12. The van der Waals surface area contributed by atoms with E-state index in [0.717, 1.165) is 12.8 Å². The number of amides is 1. The zero-order chi connectivity index (χ0) is 13.1. The van der Waals surface area contributed by atoms with Crippen LogP contribution in [0.25, 0.3) is 0 Å². The Bertz CT molecular complexity index is 432. The highest BCUT2D eigenvalue weighted by molar-refractivity contribution is 5.82. The first-order valence-corrected chi connectivity index (χ1v) is 6.43. The van der Waals surface area contributed by atoms with Crippen molar-refractivity contribution in [2.45, 2.75) is 44.8 Å². The lowest BCUT2D eigenvalue weighted by Crippen LogP contribution is -2.44. The number of benzene rings is 1.